The molecule has 1 fully saturated rings. The summed E-state index contributed by atoms with van der Waals surface area (Å²) >= 11 is 0. The molecule has 2 rings (SSSR count). The van der Waals surface area contributed by atoms with Gasteiger partial charge >= 0.3 is 0 Å². The minimum absolute atomic E-state index is 0.888. The normalized spacial score (nSPS) is 25.2. The van der Waals surface area contributed by atoms with E-state index in [0.717, 1.165) is 5.92 Å². The molecule has 14 heavy (non-hydrogen) atoms. The SMILES string of the molecule is CC1CCCC(=Cc2ccccc2)C1. The molecule has 0 radical (unpaired) electrons. The average Bonchev–Trinajstić information content (AvgIpc) is 2.19. The zero-order chi connectivity index (χ0) is 9.80. The summed E-state index contributed by atoms with van der Waals surface area (Å²) in [6.45, 7) is 2.36. The fourth-order valence-electron chi connectivity index (χ4n) is 2.25. The fourth-order valence-corrected chi connectivity index (χ4v) is 2.25. The van der Waals surface area contributed by atoms with Crippen LogP contribution in [0.4, 0.5) is 0 Å². The summed E-state index contributed by atoms with van der Waals surface area (Å²) in [4.78, 5) is 0. The van der Waals surface area contributed by atoms with Gasteiger partial charge in [-0.3, -0.25) is 0 Å². The Hall–Kier alpha value is -1.04. The molecule has 0 spiro atoms. The molecule has 1 aliphatic rings. The number of allylic oxidation sites excluding steroid dienone is 1. The van der Waals surface area contributed by atoms with Crippen LogP contribution in [0.2, 0.25) is 0 Å². The lowest BCUT2D eigenvalue weighted by molar-refractivity contribution is 0.455. The quantitative estimate of drug-likeness (QED) is 0.614. The highest BCUT2D eigenvalue weighted by atomic mass is 14.2. The minimum Gasteiger partial charge on any atom is -0.0694 e. The van der Waals surface area contributed by atoms with E-state index in [1.807, 2.05) is 0 Å². The first-order chi connectivity index (χ1) is 6.84. The third-order valence-electron chi connectivity index (χ3n) is 2.98. The molecule has 0 aromatic heterocycles. The molecule has 0 heteroatoms. The molecular formula is C14H18. The largest absolute Gasteiger partial charge is 0.0694 e. The lowest BCUT2D eigenvalue weighted by Crippen LogP contribution is -2.03. The number of hydrogen-bond donors (Lipinski definition) is 0. The third-order valence-corrected chi connectivity index (χ3v) is 2.98. The zero-order valence-corrected chi connectivity index (χ0v) is 8.87. The Labute approximate surface area is 86.7 Å². The number of rotatable bonds is 1. The van der Waals surface area contributed by atoms with Gasteiger partial charge in [-0.15, -0.1) is 0 Å². The molecule has 1 aromatic carbocycles. The second-order valence-electron chi connectivity index (χ2n) is 4.41. The van der Waals surface area contributed by atoms with Crippen molar-refractivity contribution in [1.82, 2.24) is 0 Å². The summed E-state index contributed by atoms with van der Waals surface area (Å²) in [5.41, 5.74) is 2.99. The Morgan fingerprint density at radius 3 is 2.71 bits per heavy atom. The molecule has 1 aliphatic carbocycles. The van der Waals surface area contributed by atoms with Crippen LogP contribution in [0.5, 0.6) is 0 Å². The van der Waals surface area contributed by atoms with E-state index in [0.29, 0.717) is 0 Å². The van der Waals surface area contributed by atoms with Crippen molar-refractivity contribution in [3.63, 3.8) is 0 Å². The van der Waals surface area contributed by atoms with Crippen LogP contribution < -0.4 is 0 Å². The van der Waals surface area contributed by atoms with Crippen LogP contribution in [-0.2, 0) is 0 Å². The van der Waals surface area contributed by atoms with Crippen LogP contribution in [0.25, 0.3) is 6.08 Å². The summed E-state index contributed by atoms with van der Waals surface area (Å²) in [5, 5.41) is 0. The Morgan fingerprint density at radius 2 is 2.00 bits per heavy atom. The molecule has 0 aliphatic heterocycles. The van der Waals surface area contributed by atoms with Crippen molar-refractivity contribution in [2.24, 2.45) is 5.92 Å². The molecule has 1 saturated carbocycles. The van der Waals surface area contributed by atoms with E-state index >= 15 is 0 Å². The van der Waals surface area contributed by atoms with Crippen LogP contribution in [0.3, 0.4) is 0 Å². The lowest BCUT2D eigenvalue weighted by atomic mass is 9.86. The van der Waals surface area contributed by atoms with Gasteiger partial charge in [0.1, 0.15) is 0 Å². The monoisotopic (exact) mass is 186 g/mol. The summed E-state index contributed by atoms with van der Waals surface area (Å²) < 4.78 is 0. The van der Waals surface area contributed by atoms with Gasteiger partial charge in [0.05, 0.1) is 0 Å². The maximum absolute atomic E-state index is 2.37. The van der Waals surface area contributed by atoms with E-state index in [2.05, 4.69) is 43.3 Å². The van der Waals surface area contributed by atoms with Gasteiger partial charge in [-0.1, -0.05) is 55.3 Å². The molecule has 0 N–H and O–H groups in total. The average molecular weight is 186 g/mol. The summed E-state index contributed by atoms with van der Waals surface area (Å²) in [6, 6.07) is 10.7. The fraction of sp³-hybridized carbons (Fsp3) is 0.429. The van der Waals surface area contributed by atoms with Crippen LogP contribution in [0, 0.1) is 5.92 Å². The summed E-state index contributed by atoms with van der Waals surface area (Å²) in [7, 11) is 0. The smallest absolute Gasteiger partial charge is 0.0257 e. The van der Waals surface area contributed by atoms with Crippen molar-refractivity contribution in [3.8, 4) is 0 Å². The standard InChI is InChI=1S/C14H18/c1-12-6-5-9-14(10-12)11-13-7-3-2-4-8-13/h2-4,7-8,11-12H,5-6,9-10H2,1H3. The van der Waals surface area contributed by atoms with Crippen LogP contribution in [0.1, 0.15) is 38.2 Å². The van der Waals surface area contributed by atoms with Gasteiger partial charge in [0.25, 0.3) is 0 Å². The highest BCUT2D eigenvalue weighted by Crippen LogP contribution is 2.29. The van der Waals surface area contributed by atoms with Crippen molar-refractivity contribution in [2.75, 3.05) is 0 Å². The zero-order valence-electron chi connectivity index (χ0n) is 8.87. The highest BCUT2D eigenvalue weighted by molar-refractivity contribution is 5.52. The molecule has 0 saturated heterocycles. The Morgan fingerprint density at radius 1 is 1.21 bits per heavy atom. The van der Waals surface area contributed by atoms with Gasteiger partial charge < -0.3 is 0 Å². The van der Waals surface area contributed by atoms with Crippen molar-refractivity contribution >= 4 is 6.08 Å². The first kappa shape index (κ1) is 9.51. The van der Waals surface area contributed by atoms with E-state index in [1.165, 1.54) is 31.2 Å². The van der Waals surface area contributed by atoms with Crippen molar-refractivity contribution < 1.29 is 0 Å². The van der Waals surface area contributed by atoms with Gasteiger partial charge in [0, 0.05) is 0 Å². The predicted octanol–water partition coefficient (Wildman–Crippen LogP) is 4.28. The topological polar surface area (TPSA) is 0 Å². The van der Waals surface area contributed by atoms with Gasteiger partial charge in [-0.25, -0.2) is 0 Å². The van der Waals surface area contributed by atoms with Gasteiger partial charge in [0.2, 0.25) is 0 Å². The number of hydrogen-bond acceptors (Lipinski definition) is 0. The van der Waals surface area contributed by atoms with Crippen molar-refractivity contribution in [1.29, 1.82) is 0 Å². The second-order valence-corrected chi connectivity index (χ2v) is 4.41. The summed E-state index contributed by atoms with van der Waals surface area (Å²) in [5.74, 6) is 0.888. The molecule has 1 unspecified atom stereocenters. The van der Waals surface area contributed by atoms with Gasteiger partial charge in [-0.05, 0) is 30.7 Å². The van der Waals surface area contributed by atoms with Crippen molar-refractivity contribution in [3.05, 3.63) is 41.5 Å². The Bertz CT molecular complexity index is 308. The predicted molar refractivity (Wildman–Crippen MR) is 62.1 cm³/mol. The molecule has 1 atom stereocenters. The van der Waals surface area contributed by atoms with E-state index < -0.39 is 0 Å². The highest BCUT2D eigenvalue weighted by Gasteiger charge is 2.11. The molecule has 1 aromatic rings. The molecule has 0 amide bonds. The maximum Gasteiger partial charge on any atom is -0.0257 e. The first-order valence-electron chi connectivity index (χ1n) is 5.59. The number of benzene rings is 1. The van der Waals surface area contributed by atoms with Gasteiger partial charge in [0.15, 0.2) is 0 Å². The van der Waals surface area contributed by atoms with Gasteiger partial charge in [-0.2, -0.15) is 0 Å². The summed E-state index contributed by atoms with van der Waals surface area (Å²) in [6.07, 6.45) is 7.76. The third kappa shape index (κ3) is 2.47. The van der Waals surface area contributed by atoms with Crippen LogP contribution in [0.15, 0.2) is 35.9 Å². The molecule has 74 valence electrons. The van der Waals surface area contributed by atoms with E-state index in [9.17, 15) is 0 Å². The minimum atomic E-state index is 0.888. The first-order valence-corrected chi connectivity index (χ1v) is 5.59. The van der Waals surface area contributed by atoms with Crippen LogP contribution in [-0.4, -0.2) is 0 Å². The molecule has 0 bridgehead atoms. The molecular weight excluding hydrogens is 168 g/mol. The lowest BCUT2D eigenvalue weighted by Gasteiger charge is -2.20. The van der Waals surface area contributed by atoms with Crippen LogP contribution >= 0.6 is 0 Å². The van der Waals surface area contributed by atoms with E-state index in [1.54, 1.807) is 5.57 Å². The Kier molecular flexibility index (Phi) is 3.03. The molecule has 0 nitrogen and oxygen atoms in total. The molecule has 0 heterocycles. The van der Waals surface area contributed by atoms with Crippen molar-refractivity contribution in [2.45, 2.75) is 32.6 Å². The second kappa shape index (κ2) is 4.45. The Balaban J connectivity index is 2.10. The maximum atomic E-state index is 2.37. The van der Waals surface area contributed by atoms with E-state index in [-0.39, 0.29) is 0 Å². The van der Waals surface area contributed by atoms with E-state index in [4.69, 9.17) is 0 Å².